The molecule has 0 bridgehead atoms. The second-order valence-electron chi connectivity index (χ2n) is 8.24. The van der Waals surface area contributed by atoms with E-state index in [0.29, 0.717) is 24.2 Å². The first kappa shape index (κ1) is 21.1. The van der Waals surface area contributed by atoms with Crippen LogP contribution in [-0.4, -0.2) is 48.4 Å². The summed E-state index contributed by atoms with van der Waals surface area (Å²) in [5.41, 5.74) is 10.5. The summed E-state index contributed by atoms with van der Waals surface area (Å²) < 4.78 is 0. The van der Waals surface area contributed by atoms with Crippen molar-refractivity contribution in [2.45, 2.75) is 32.2 Å². The number of anilines is 1. The smallest absolute Gasteiger partial charge is 0.253 e. The van der Waals surface area contributed by atoms with E-state index < -0.39 is 5.91 Å². The first-order valence-corrected chi connectivity index (χ1v) is 11.0. The average Bonchev–Trinajstić information content (AvgIpc) is 2.79. The number of hydrogen-bond acceptors (Lipinski definition) is 4. The average molecular weight is 419 g/mol. The maximum atomic E-state index is 12.7. The van der Waals surface area contributed by atoms with Gasteiger partial charge in [-0.3, -0.25) is 9.59 Å². The molecule has 162 valence electrons. The molecule has 2 aromatic carbocycles. The minimum Gasteiger partial charge on any atom is -0.375 e. The quantitative estimate of drug-likeness (QED) is 0.696. The van der Waals surface area contributed by atoms with Crippen LogP contribution >= 0.6 is 0 Å². The van der Waals surface area contributed by atoms with E-state index in [4.69, 9.17) is 5.73 Å². The number of benzene rings is 2. The number of rotatable bonds is 5. The molecule has 0 aliphatic carbocycles. The molecule has 6 nitrogen and oxygen atoms in total. The van der Waals surface area contributed by atoms with Gasteiger partial charge in [0.1, 0.15) is 0 Å². The molecule has 1 fully saturated rings. The third-order valence-corrected chi connectivity index (χ3v) is 6.39. The van der Waals surface area contributed by atoms with E-state index in [1.54, 1.807) is 6.07 Å². The molecule has 0 saturated carbocycles. The van der Waals surface area contributed by atoms with Crippen LogP contribution in [0.5, 0.6) is 0 Å². The van der Waals surface area contributed by atoms with Crippen molar-refractivity contribution < 1.29 is 9.59 Å². The van der Waals surface area contributed by atoms with E-state index in [9.17, 15) is 9.59 Å². The highest BCUT2D eigenvalue weighted by Crippen LogP contribution is 2.42. The Morgan fingerprint density at radius 2 is 1.71 bits per heavy atom. The number of nitrogens with two attached hydrogens (primary N) is 1. The van der Waals surface area contributed by atoms with E-state index >= 15 is 0 Å². The van der Waals surface area contributed by atoms with Gasteiger partial charge in [0, 0.05) is 35.5 Å². The van der Waals surface area contributed by atoms with Gasteiger partial charge >= 0.3 is 0 Å². The van der Waals surface area contributed by atoms with E-state index in [-0.39, 0.29) is 11.4 Å². The first-order chi connectivity index (χ1) is 15.0. The van der Waals surface area contributed by atoms with Crippen LogP contribution in [0, 0.1) is 0 Å². The Kier molecular flexibility index (Phi) is 5.83. The van der Waals surface area contributed by atoms with Gasteiger partial charge in [-0.2, -0.15) is 0 Å². The number of carbonyl (C=O) groups excluding carboxylic acids is 2. The molecule has 1 saturated heterocycles. The summed E-state index contributed by atoms with van der Waals surface area (Å²) >= 11 is 0. The normalized spacial score (nSPS) is 16.8. The molecular formula is C25H30N4O2. The summed E-state index contributed by atoms with van der Waals surface area (Å²) in [5.74, 6) is -0.414. The number of carbonyl (C=O) groups is 2. The Hall–Kier alpha value is -3.12. The molecule has 4 rings (SSSR count). The number of hydrogen-bond donors (Lipinski definition) is 3. The number of piperidine rings is 1. The number of primary amides is 1. The van der Waals surface area contributed by atoms with Gasteiger partial charge in [-0.15, -0.1) is 0 Å². The van der Waals surface area contributed by atoms with E-state index in [1.165, 1.54) is 0 Å². The lowest BCUT2D eigenvalue weighted by Crippen LogP contribution is -2.48. The summed E-state index contributed by atoms with van der Waals surface area (Å²) in [6.45, 7) is 7.18. The van der Waals surface area contributed by atoms with Crippen molar-refractivity contribution in [3.63, 3.8) is 0 Å². The molecule has 2 aromatic rings. The second kappa shape index (κ2) is 8.55. The van der Waals surface area contributed by atoms with Gasteiger partial charge in [-0.05, 0) is 75.2 Å². The van der Waals surface area contributed by atoms with Crippen LogP contribution in [0.25, 0.3) is 5.57 Å². The zero-order valence-electron chi connectivity index (χ0n) is 18.2. The third kappa shape index (κ3) is 3.95. The standard InChI is InChI=1S/C25H30N4O2/c1-3-29(4-2)24(31)18-10-8-17(9-11-18)20-16-25(12-14-27-15-13-25)28-21-7-5-6-19(22(20)21)23(26)30/h5-11,16,27-28H,3-4,12-15H2,1-2H3,(H2,26,30). The van der Waals surface area contributed by atoms with Crippen molar-refractivity contribution >= 4 is 23.1 Å². The van der Waals surface area contributed by atoms with Crippen LogP contribution in [0.3, 0.4) is 0 Å². The van der Waals surface area contributed by atoms with Crippen molar-refractivity contribution in [3.8, 4) is 0 Å². The van der Waals surface area contributed by atoms with Crippen LogP contribution in [-0.2, 0) is 0 Å². The topological polar surface area (TPSA) is 87.5 Å². The Labute approximate surface area is 183 Å². The Balaban J connectivity index is 1.80. The summed E-state index contributed by atoms with van der Waals surface area (Å²) in [4.78, 5) is 26.7. The minimum atomic E-state index is -0.445. The maximum absolute atomic E-state index is 12.7. The lowest BCUT2D eigenvalue weighted by atomic mass is 9.78. The van der Waals surface area contributed by atoms with Gasteiger partial charge in [0.2, 0.25) is 5.91 Å². The molecule has 4 N–H and O–H groups in total. The second-order valence-corrected chi connectivity index (χ2v) is 8.24. The summed E-state index contributed by atoms with van der Waals surface area (Å²) in [6, 6.07) is 13.4. The number of fused-ring (bicyclic) bond motifs is 1. The van der Waals surface area contributed by atoms with Crippen molar-refractivity contribution in [2.75, 3.05) is 31.5 Å². The molecule has 0 atom stereocenters. The fourth-order valence-corrected chi connectivity index (χ4v) is 4.66. The molecule has 0 radical (unpaired) electrons. The Morgan fingerprint density at radius 3 is 2.32 bits per heavy atom. The van der Waals surface area contributed by atoms with E-state index in [1.807, 2.05) is 55.1 Å². The van der Waals surface area contributed by atoms with Crippen LogP contribution in [0.15, 0.2) is 48.5 Å². The highest BCUT2D eigenvalue weighted by Gasteiger charge is 2.36. The first-order valence-electron chi connectivity index (χ1n) is 11.0. The molecule has 0 aromatic heterocycles. The molecule has 6 heteroatoms. The van der Waals surface area contributed by atoms with Gasteiger partial charge < -0.3 is 21.3 Å². The monoisotopic (exact) mass is 418 g/mol. The maximum Gasteiger partial charge on any atom is 0.253 e. The van der Waals surface area contributed by atoms with Crippen molar-refractivity contribution in [3.05, 3.63) is 70.8 Å². The molecule has 31 heavy (non-hydrogen) atoms. The van der Waals surface area contributed by atoms with Gasteiger partial charge in [0.05, 0.1) is 5.54 Å². The largest absolute Gasteiger partial charge is 0.375 e. The van der Waals surface area contributed by atoms with Gasteiger partial charge in [-0.1, -0.05) is 24.3 Å². The number of nitrogens with one attached hydrogen (secondary N) is 2. The van der Waals surface area contributed by atoms with Crippen LogP contribution in [0.2, 0.25) is 0 Å². The lowest BCUT2D eigenvalue weighted by Gasteiger charge is -2.41. The number of nitrogens with zero attached hydrogens (tertiary/aromatic N) is 1. The van der Waals surface area contributed by atoms with Crippen LogP contribution in [0.1, 0.15) is 58.5 Å². The van der Waals surface area contributed by atoms with Gasteiger partial charge in [-0.25, -0.2) is 0 Å². The van der Waals surface area contributed by atoms with Crippen molar-refractivity contribution in [1.29, 1.82) is 0 Å². The zero-order valence-corrected chi connectivity index (χ0v) is 18.2. The SMILES string of the molecule is CCN(CC)C(=O)c1ccc(C2=CC3(CCNCC3)Nc3cccc(C(N)=O)c32)cc1. The molecule has 2 aliphatic rings. The highest BCUT2D eigenvalue weighted by atomic mass is 16.2. The molecular weight excluding hydrogens is 388 g/mol. The zero-order chi connectivity index (χ0) is 22.0. The summed E-state index contributed by atoms with van der Waals surface area (Å²) in [6.07, 6.45) is 4.16. The van der Waals surface area contributed by atoms with E-state index in [0.717, 1.165) is 48.3 Å². The Bertz CT molecular complexity index is 1020. The predicted octanol–water partition coefficient (Wildman–Crippen LogP) is 3.25. The Morgan fingerprint density at radius 1 is 1.03 bits per heavy atom. The van der Waals surface area contributed by atoms with Gasteiger partial charge in [0.15, 0.2) is 0 Å². The van der Waals surface area contributed by atoms with Crippen molar-refractivity contribution in [1.82, 2.24) is 10.2 Å². The molecule has 2 amide bonds. The fraction of sp³-hybridized carbons (Fsp3) is 0.360. The van der Waals surface area contributed by atoms with Crippen molar-refractivity contribution in [2.24, 2.45) is 5.73 Å². The third-order valence-electron chi connectivity index (χ3n) is 6.39. The predicted molar refractivity (Wildman–Crippen MR) is 124 cm³/mol. The highest BCUT2D eigenvalue weighted by molar-refractivity contribution is 6.04. The minimum absolute atomic E-state index is 0.0314. The molecule has 1 spiro atoms. The molecule has 2 aliphatic heterocycles. The summed E-state index contributed by atoms with van der Waals surface area (Å²) in [7, 11) is 0. The summed E-state index contributed by atoms with van der Waals surface area (Å²) in [5, 5.41) is 7.10. The van der Waals surface area contributed by atoms with Crippen LogP contribution < -0.4 is 16.4 Å². The lowest BCUT2D eigenvalue weighted by molar-refractivity contribution is 0.0772. The molecule has 0 unspecified atom stereocenters. The van der Waals surface area contributed by atoms with Gasteiger partial charge in [0.25, 0.3) is 5.91 Å². The molecule has 2 heterocycles. The fourth-order valence-electron chi connectivity index (χ4n) is 4.66. The van der Waals surface area contributed by atoms with E-state index in [2.05, 4.69) is 16.7 Å². The number of amides is 2. The van der Waals surface area contributed by atoms with Crippen LogP contribution in [0.4, 0.5) is 5.69 Å².